The summed E-state index contributed by atoms with van der Waals surface area (Å²) >= 11 is 0.608. The maximum Gasteiger partial charge on any atom is 0.288 e. The summed E-state index contributed by atoms with van der Waals surface area (Å²) < 4.78 is 24.9. The molecule has 0 spiro atoms. The van der Waals surface area contributed by atoms with Crippen LogP contribution in [0.15, 0.2) is 29.2 Å². The maximum atomic E-state index is 12.5. The van der Waals surface area contributed by atoms with Crippen LogP contribution in [-0.2, 0) is 0 Å². The van der Waals surface area contributed by atoms with E-state index >= 15 is 0 Å². The highest BCUT2D eigenvalue weighted by atomic mass is 32.2. The van der Waals surface area contributed by atoms with Gasteiger partial charge in [-0.25, -0.2) is 0 Å². The number of anilines is 1. The van der Waals surface area contributed by atoms with E-state index in [1.54, 1.807) is 12.1 Å². The van der Waals surface area contributed by atoms with E-state index < -0.39 is 5.76 Å². The maximum absolute atomic E-state index is 12.5. The first-order chi connectivity index (χ1) is 8.65. The van der Waals surface area contributed by atoms with Crippen LogP contribution in [0, 0.1) is 0 Å². The second kappa shape index (κ2) is 6.38. The van der Waals surface area contributed by atoms with Crippen LogP contribution in [-0.4, -0.2) is 36.8 Å². The van der Waals surface area contributed by atoms with Crippen LogP contribution in [0.2, 0.25) is 0 Å². The van der Waals surface area contributed by atoms with E-state index in [1.807, 2.05) is 12.1 Å². The Hall–Kier alpha value is -0.810. The molecule has 18 heavy (non-hydrogen) atoms. The molecule has 0 amide bonds. The van der Waals surface area contributed by atoms with Crippen molar-refractivity contribution in [1.29, 1.82) is 0 Å². The van der Waals surface area contributed by atoms with Crippen molar-refractivity contribution in [2.24, 2.45) is 0 Å². The van der Waals surface area contributed by atoms with Crippen LogP contribution < -0.4 is 5.32 Å². The summed E-state index contributed by atoms with van der Waals surface area (Å²) in [4.78, 5) is 2.92. The molecule has 5 heteroatoms. The number of nitrogens with one attached hydrogen (secondary N) is 1. The molecule has 0 radical (unpaired) electrons. The Kier molecular flexibility index (Phi) is 4.83. The van der Waals surface area contributed by atoms with Crippen molar-refractivity contribution >= 4 is 17.4 Å². The SMILES string of the molecule is CN1CCC(Nc2ccccc2SC(F)F)CC1. The number of alkyl halides is 2. The molecule has 1 fully saturated rings. The van der Waals surface area contributed by atoms with Crippen LogP contribution in [0.5, 0.6) is 0 Å². The molecule has 2 rings (SSSR count). The molecule has 0 aliphatic carbocycles. The van der Waals surface area contributed by atoms with Gasteiger partial charge in [0.15, 0.2) is 0 Å². The topological polar surface area (TPSA) is 15.3 Å². The third-order valence-electron chi connectivity index (χ3n) is 3.18. The minimum absolute atomic E-state index is 0.389. The summed E-state index contributed by atoms with van der Waals surface area (Å²) in [6.07, 6.45) is 2.12. The van der Waals surface area contributed by atoms with Gasteiger partial charge in [-0.3, -0.25) is 0 Å². The van der Waals surface area contributed by atoms with Crippen molar-refractivity contribution in [3.8, 4) is 0 Å². The average molecular weight is 272 g/mol. The van der Waals surface area contributed by atoms with Gasteiger partial charge < -0.3 is 10.2 Å². The molecule has 2 nitrogen and oxygen atoms in total. The molecule has 1 aliphatic rings. The van der Waals surface area contributed by atoms with Crippen molar-refractivity contribution in [3.63, 3.8) is 0 Å². The summed E-state index contributed by atoms with van der Waals surface area (Å²) in [5, 5.41) is 3.39. The van der Waals surface area contributed by atoms with Crippen LogP contribution in [0.4, 0.5) is 14.5 Å². The number of hydrogen-bond acceptors (Lipinski definition) is 3. The normalized spacial score (nSPS) is 18.2. The quantitative estimate of drug-likeness (QED) is 0.844. The first-order valence-corrected chi connectivity index (χ1v) is 7.02. The summed E-state index contributed by atoms with van der Waals surface area (Å²) in [5.74, 6) is -2.37. The first-order valence-electron chi connectivity index (χ1n) is 6.14. The predicted molar refractivity (Wildman–Crippen MR) is 72.4 cm³/mol. The van der Waals surface area contributed by atoms with Gasteiger partial charge >= 0.3 is 0 Å². The Morgan fingerprint density at radius 2 is 1.94 bits per heavy atom. The highest BCUT2D eigenvalue weighted by molar-refractivity contribution is 7.99. The van der Waals surface area contributed by atoms with Gasteiger partial charge in [0.25, 0.3) is 5.76 Å². The van der Waals surface area contributed by atoms with Crippen molar-refractivity contribution in [1.82, 2.24) is 4.90 Å². The number of likely N-dealkylation sites (tertiary alicyclic amines) is 1. The average Bonchev–Trinajstić information content (AvgIpc) is 2.34. The lowest BCUT2D eigenvalue weighted by Crippen LogP contribution is -2.36. The summed E-state index contributed by atoms with van der Waals surface area (Å²) in [5.41, 5.74) is 0.831. The summed E-state index contributed by atoms with van der Waals surface area (Å²) in [7, 11) is 2.11. The summed E-state index contributed by atoms with van der Waals surface area (Å²) in [6, 6.07) is 7.69. The second-order valence-electron chi connectivity index (χ2n) is 4.60. The highest BCUT2D eigenvalue weighted by Crippen LogP contribution is 2.32. The predicted octanol–water partition coefficient (Wildman–Crippen LogP) is 3.51. The second-order valence-corrected chi connectivity index (χ2v) is 5.63. The van der Waals surface area contributed by atoms with Crippen molar-refractivity contribution < 1.29 is 8.78 Å². The Labute approximate surface area is 111 Å². The van der Waals surface area contributed by atoms with E-state index in [0.29, 0.717) is 22.7 Å². The molecule has 1 N–H and O–H groups in total. The van der Waals surface area contributed by atoms with Gasteiger partial charge in [0, 0.05) is 16.6 Å². The number of nitrogens with zero attached hydrogens (tertiary/aromatic N) is 1. The lowest BCUT2D eigenvalue weighted by atomic mass is 10.1. The first kappa shape index (κ1) is 13.6. The number of hydrogen-bond donors (Lipinski definition) is 1. The molecular formula is C13H18F2N2S. The van der Waals surface area contributed by atoms with Crippen molar-refractivity contribution in [3.05, 3.63) is 24.3 Å². The molecule has 1 aromatic carbocycles. The summed E-state index contributed by atoms with van der Waals surface area (Å²) in [6.45, 7) is 2.11. The van der Waals surface area contributed by atoms with E-state index in [0.717, 1.165) is 31.6 Å². The molecule has 0 unspecified atom stereocenters. The van der Waals surface area contributed by atoms with Crippen LogP contribution >= 0.6 is 11.8 Å². The van der Waals surface area contributed by atoms with Crippen molar-refractivity contribution in [2.75, 3.05) is 25.5 Å². The van der Waals surface area contributed by atoms with Gasteiger partial charge in [-0.2, -0.15) is 8.78 Å². The van der Waals surface area contributed by atoms with Gasteiger partial charge in [-0.15, -0.1) is 0 Å². The van der Waals surface area contributed by atoms with Crippen LogP contribution in [0.3, 0.4) is 0 Å². The molecule has 0 atom stereocenters. The fourth-order valence-electron chi connectivity index (χ4n) is 2.16. The van der Waals surface area contributed by atoms with Gasteiger partial charge in [-0.05, 0) is 45.1 Å². The van der Waals surface area contributed by atoms with Gasteiger partial charge in [0.05, 0.1) is 0 Å². The minimum atomic E-state index is -2.37. The van der Waals surface area contributed by atoms with Gasteiger partial charge in [0.1, 0.15) is 0 Å². The van der Waals surface area contributed by atoms with Crippen molar-refractivity contribution in [2.45, 2.75) is 29.5 Å². The van der Waals surface area contributed by atoms with E-state index in [2.05, 4.69) is 17.3 Å². The molecule has 1 heterocycles. The zero-order valence-electron chi connectivity index (χ0n) is 10.4. The molecule has 1 saturated heterocycles. The number of halogens is 2. The molecule has 0 bridgehead atoms. The molecule has 0 saturated carbocycles. The fraction of sp³-hybridized carbons (Fsp3) is 0.538. The zero-order chi connectivity index (χ0) is 13.0. The Morgan fingerprint density at radius 1 is 1.28 bits per heavy atom. The Bertz CT molecular complexity index is 379. The number of piperidine rings is 1. The van der Waals surface area contributed by atoms with Crippen LogP contribution in [0.25, 0.3) is 0 Å². The smallest absolute Gasteiger partial charge is 0.288 e. The number of thioether (sulfide) groups is 1. The number of rotatable bonds is 4. The number of benzene rings is 1. The van der Waals surface area contributed by atoms with E-state index in [9.17, 15) is 8.78 Å². The molecule has 100 valence electrons. The van der Waals surface area contributed by atoms with E-state index in [1.165, 1.54) is 0 Å². The zero-order valence-corrected chi connectivity index (χ0v) is 11.2. The van der Waals surface area contributed by atoms with E-state index in [4.69, 9.17) is 0 Å². The molecule has 1 aliphatic heterocycles. The largest absolute Gasteiger partial charge is 0.381 e. The molecule has 1 aromatic rings. The third-order valence-corrected chi connectivity index (χ3v) is 3.97. The standard InChI is InChI=1S/C13H18F2N2S/c1-17-8-6-10(7-9-17)16-11-4-2-3-5-12(11)18-13(14)15/h2-5,10,13,16H,6-9H2,1H3. The monoisotopic (exact) mass is 272 g/mol. The lowest BCUT2D eigenvalue weighted by Gasteiger charge is -2.30. The van der Waals surface area contributed by atoms with E-state index in [-0.39, 0.29) is 0 Å². The third kappa shape index (κ3) is 3.85. The fourth-order valence-corrected chi connectivity index (χ4v) is 2.76. The Balaban J connectivity index is 2.00. The Morgan fingerprint density at radius 3 is 2.61 bits per heavy atom. The number of para-hydroxylation sites is 1. The van der Waals surface area contributed by atoms with Gasteiger partial charge in [0.2, 0.25) is 0 Å². The molecular weight excluding hydrogens is 254 g/mol. The van der Waals surface area contributed by atoms with Crippen LogP contribution in [0.1, 0.15) is 12.8 Å². The van der Waals surface area contributed by atoms with Gasteiger partial charge in [-0.1, -0.05) is 23.9 Å². The highest BCUT2D eigenvalue weighted by Gasteiger charge is 2.18. The lowest BCUT2D eigenvalue weighted by molar-refractivity contribution is 0.252. The minimum Gasteiger partial charge on any atom is -0.381 e. The molecule has 0 aromatic heterocycles.